The molecule has 4 aromatic carbocycles. The molecule has 2 aliphatic rings. The van der Waals surface area contributed by atoms with Crippen LogP contribution in [0.15, 0.2) is 94.9 Å². The number of nitrogens with zero attached hydrogens (tertiary/aromatic N) is 2. The number of aliphatic imine (C=N–C) groups is 2. The topological polar surface area (TPSA) is 107 Å². The molecule has 4 N–H and O–H groups in total. The SMILES string of the molecule is Cl.Cl.O=C(Nc1ccc(C2=NCCN2)cc1)c1cccc2c(C(=O)Nc3ccc(C4=NCCN4)cc3)cccc12. The van der Waals surface area contributed by atoms with Crippen LogP contribution in [0.1, 0.15) is 31.8 Å². The summed E-state index contributed by atoms with van der Waals surface area (Å²) in [5.74, 6) is 1.27. The van der Waals surface area contributed by atoms with E-state index in [1.807, 2.05) is 60.7 Å². The Morgan fingerprint density at radius 3 is 1.32 bits per heavy atom. The number of hydrogen-bond acceptors (Lipinski definition) is 6. The van der Waals surface area contributed by atoms with Crippen molar-refractivity contribution in [3.63, 3.8) is 0 Å². The van der Waals surface area contributed by atoms with Gasteiger partial charge in [-0.25, -0.2) is 0 Å². The van der Waals surface area contributed by atoms with Gasteiger partial charge in [0.15, 0.2) is 0 Å². The van der Waals surface area contributed by atoms with E-state index in [9.17, 15) is 9.59 Å². The average Bonchev–Trinajstić information content (AvgIpc) is 3.68. The summed E-state index contributed by atoms with van der Waals surface area (Å²) in [6, 6.07) is 26.0. The molecule has 40 heavy (non-hydrogen) atoms. The molecular formula is C30H28Cl2N6O2. The van der Waals surface area contributed by atoms with Crippen molar-refractivity contribution in [2.75, 3.05) is 36.8 Å². The van der Waals surface area contributed by atoms with Gasteiger partial charge >= 0.3 is 0 Å². The van der Waals surface area contributed by atoms with Gasteiger partial charge in [-0.3, -0.25) is 19.6 Å². The smallest absolute Gasteiger partial charge is 0.256 e. The molecule has 0 saturated heterocycles. The van der Waals surface area contributed by atoms with E-state index < -0.39 is 0 Å². The van der Waals surface area contributed by atoms with Gasteiger partial charge in [0.1, 0.15) is 11.7 Å². The number of halogens is 2. The molecule has 2 aliphatic heterocycles. The molecular weight excluding hydrogens is 547 g/mol. The van der Waals surface area contributed by atoms with Crippen LogP contribution in [0.4, 0.5) is 11.4 Å². The summed E-state index contributed by atoms with van der Waals surface area (Å²) in [4.78, 5) is 35.3. The zero-order chi connectivity index (χ0) is 25.9. The summed E-state index contributed by atoms with van der Waals surface area (Å²) in [6.45, 7) is 3.23. The minimum absolute atomic E-state index is 0. The fourth-order valence-electron chi connectivity index (χ4n) is 4.71. The van der Waals surface area contributed by atoms with Gasteiger partial charge in [0.25, 0.3) is 11.8 Å². The van der Waals surface area contributed by atoms with Gasteiger partial charge in [-0.2, -0.15) is 0 Å². The Kier molecular flexibility index (Phi) is 9.04. The van der Waals surface area contributed by atoms with E-state index in [-0.39, 0.29) is 36.6 Å². The zero-order valence-corrected chi connectivity index (χ0v) is 23.1. The Balaban J connectivity index is 0.00000185. The maximum Gasteiger partial charge on any atom is 0.256 e. The molecule has 0 fully saturated rings. The van der Waals surface area contributed by atoms with Crippen LogP contribution in [-0.2, 0) is 0 Å². The molecule has 0 bridgehead atoms. The van der Waals surface area contributed by atoms with Crippen molar-refractivity contribution in [3.05, 3.63) is 107 Å². The first kappa shape index (κ1) is 28.6. The third kappa shape index (κ3) is 5.93. The number of rotatable bonds is 6. The first-order valence-electron chi connectivity index (χ1n) is 12.6. The first-order chi connectivity index (χ1) is 18.7. The van der Waals surface area contributed by atoms with Gasteiger partial charge in [-0.05, 0) is 71.4 Å². The molecule has 0 spiro atoms. The van der Waals surface area contributed by atoms with Crippen molar-refractivity contribution in [2.24, 2.45) is 9.98 Å². The van der Waals surface area contributed by atoms with Gasteiger partial charge in [-0.1, -0.05) is 24.3 Å². The highest BCUT2D eigenvalue weighted by Gasteiger charge is 2.16. The number of amides is 2. The number of fused-ring (bicyclic) bond motifs is 1. The number of nitrogens with one attached hydrogen (secondary N) is 4. The van der Waals surface area contributed by atoms with Crippen LogP contribution >= 0.6 is 24.8 Å². The van der Waals surface area contributed by atoms with E-state index in [1.54, 1.807) is 24.3 Å². The van der Waals surface area contributed by atoms with Gasteiger partial charge in [0.05, 0.1) is 13.1 Å². The normalized spacial score (nSPS) is 13.6. The molecule has 4 aromatic rings. The van der Waals surface area contributed by atoms with Gasteiger partial charge in [-0.15, -0.1) is 24.8 Å². The second-order valence-corrected chi connectivity index (χ2v) is 9.08. The molecule has 0 radical (unpaired) electrons. The van der Waals surface area contributed by atoms with Crippen molar-refractivity contribution in [3.8, 4) is 0 Å². The van der Waals surface area contributed by atoms with Gasteiger partial charge in [0, 0.05) is 46.7 Å². The number of benzene rings is 4. The van der Waals surface area contributed by atoms with Crippen molar-refractivity contribution >= 4 is 70.4 Å². The Hall–Kier alpha value is -4.40. The van der Waals surface area contributed by atoms with E-state index in [4.69, 9.17) is 0 Å². The summed E-state index contributed by atoms with van der Waals surface area (Å²) in [6.07, 6.45) is 0. The van der Waals surface area contributed by atoms with Crippen molar-refractivity contribution in [1.29, 1.82) is 0 Å². The van der Waals surface area contributed by atoms with Crippen LogP contribution in [0.25, 0.3) is 10.8 Å². The number of carbonyl (C=O) groups is 2. The number of amidine groups is 2. The molecule has 0 aromatic heterocycles. The van der Waals surface area contributed by atoms with Crippen molar-refractivity contribution in [1.82, 2.24) is 10.6 Å². The van der Waals surface area contributed by atoms with Crippen LogP contribution < -0.4 is 21.3 Å². The molecule has 6 rings (SSSR count). The van der Waals surface area contributed by atoms with E-state index in [2.05, 4.69) is 31.3 Å². The molecule has 0 aliphatic carbocycles. The van der Waals surface area contributed by atoms with Crippen molar-refractivity contribution in [2.45, 2.75) is 0 Å². The lowest BCUT2D eigenvalue weighted by molar-refractivity contribution is 0.101. The third-order valence-corrected chi connectivity index (χ3v) is 6.59. The number of hydrogen-bond donors (Lipinski definition) is 4. The minimum Gasteiger partial charge on any atom is -0.368 e. The summed E-state index contributed by atoms with van der Waals surface area (Å²) in [5, 5.41) is 13.8. The van der Waals surface area contributed by atoms with Crippen LogP contribution in [0.5, 0.6) is 0 Å². The lowest BCUT2D eigenvalue weighted by atomic mass is 9.99. The third-order valence-electron chi connectivity index (χ3n) is 6.59. The minimum atomic E-state index is -0.240. The highest BCUT2D eigenvalue weighted by Crippen LogP contribution is 2.25. The van der Waals surface area contributed by atoms with Gasteiger partial charge in [0.2, 0.25) is 0 Å². The van der Waals surface area contributed by atoms with Crippen LogP contribution in [0, 0.1) is 0 Å². The predicted molar refractivity (Wildman–Crippen MR) is 166 cm³/mol. The summed E-state index contributed by atoms with van der Waals surface area (Å²) < 4.78 is 0. The first-order valence-corrected chi connectivity index (χ1v) is 12.6. The summed E-state index contributed by atoms with van der Waals surface area (Å²) >= 11 is 0. The molecule has 10 heteroatoms. The van der Waals surface area contributed by atoms with Gasteiger partial charge < -0.3 is 21.3 Å². The number of carbonyl (C=O) groups excluding carboxylic acids is 2. The van der Waals surface area contributed by atoms with E-state index in [0.717, 1.165) is 49.0 Å². The monoisotopic (exact) mass is 574 g/mol. The fraction of sp³-hybridized carbons (Fsp3) is 0.133. The maximum atomic E-state index is 13.2. The Morgan fingerprint density at radius 2 is 0.975 bits per heavy atom. The quantitative estimate of drug-likeness (QED) is 0.263. The van der Waals surface area contributed by atoms with Crippen LogP contribution in [0.2, 0.25) is 0 Å². The second-order valence-electron chi connectivity index (χ2n) is 9.08. The average molecular weight is 576 g/mol. The van der Waals surface area contributed by atoms with Crippen LogP contribution in [-0.4, -0.2) is 49.7 Å². The fourth-order valence-corrected chi connectivity index (χ4v) is 4.71. The van der Waals surface area contributed by atoms with Crippen molar-refractivity contribution < 1.29 is 9.59 Å². The van der Waals surface area contributed by atoms with Crippen LogP contribution in [0.3, 0.4) is 0 Å². The lowest BCUT2D eigenvalue weighted by Crippen LogP contribution is -2.19. The Labute approximate surface area is 244 Å². The lowest BCUT2D eigenvalue weighted by Gasteiger charge is -2.12. The highest BCUT2D eigenvalue weighted by atomic mass is 35.5. The van der Waals surface area contributed by atoms with E-state index >= 15 is 0 Å². The molecule has 204 valence electrons. The summed E-state index contributed by atoms with van der Waals surface area (Å²) in [7, 11) is 0. The second kappa shape index (κ2) is 12.6. The largest absolute Gasteiger partial charge is 0.368 e. The molecule has 2 amide bonds. The molecule has 0 atom stereocenters. The standard InChI is InChI=1S/C30H26N6O2.2ClH/c37-29(35-21-11-7-19(8-12-21)27-31-15-16-32-27)25-5-1-3-23-24(25)4-2-6-26(23)30(38)36-22-13-9-20(10-14-22)28-33-17-18-34-28;;/h1-14H,15-18H2,(H,31,32)(H,33,34)(H,35,37)(H,36,38);2*1H. The summed E-state index contributed by atoms with van der Waals surface area (Å²) in [5.41, 5.74) is 4.34. The predicted octanol–water partition coefficient (Wildman–Crippen LogP) is 4.89. The number of anilines is 2. The Bertz CT molecular complexity index is 1480. The molecule has 2 heterocycles. The van der Waals surface area contributed by atoms with E-state index in [1.165, 1.54) is 0 Å². The highest BCUT2D eigenvalue weighted by molar-refractivity contribution is 6.18. The zero-order valence-electron chi connectivity index (χ0n) is 21.4. The molecule has 0 unspecified atom stereocenters. The van der Waals surface area contributed by atoms with E-state index in [0.29, 0.717) is 33.3 Å². The molecule has 0 saturated carbocycles. The Morgan fingerprint density at radius 1 is 0.575 bits per heavy atom. The molecule has 8 nitrogen and oxygen atoms in total. The maximum absolute atomic E-state index is 13.2.